The Morgan fingerprint density at radius 1 is 1.20 bits per heavy atom. The lowest BCUT2D eigenvalue weighted by atomic mass is 10.1. The van der Waals surface area contributed by atoms with Crippen molar-refractivity contribution in [1.82, 2.24) is 30.3 Å². The number of nitrogens with one attached hydrogen (secondary N) is 2. The summed E-state index contributed by atoms with van der Waals surface area (Å²) in [7, 11) is 0. The maximum atomic E-state index is 12.1. The Bertz CT molecular complexity index is 666. The van der Waals surface area contributed by atoms with Crippen LogP contribution in [0.2, 0.25) is 0 Å². The van der Waals surface area contributed by atoms with Crippen LogP contribution in [0.1, 0.15) is 30.9 Å². The number of likely N-dealkylation sites (tertiary alicyclic amines) is 1. The third-order valence-corrected chi connectivity index (χ3v) is 4.68. The average Bonchev–Trinajstić information content (AvgIpc) is 3.32. The van der Waals surface area contributed by atoms with Crippen LogP contribution < -0.4 is 10.6 Å². The molecule has 7 heteroatoms. The lowest BCUT2D eigenvalue weighted by Crippen LogP contribution is -2.44. The van der Waals surface area contributed by atoms with Crippen LogP contribution in [0.5, 0.6) is 0 Å². The van der Waals surface area contributed by atoms with E-state index in [0.29, 0.717) is 25.7 Å². The van der Waals surface area contributed by atoms with Crippen molar-refractivity contribution in [2.75, 3.05) is 19.6 Å². The van der Waals surface area contributed by atoms with Gasteiger partial charge in [-0.1, -0.05) is 24.3 Å². The second-order valence-electron chi connectivity index (χ2n) is 6.52. The van der Waals surface area contributed by atoms with E-state index in [1.807, 2.05) is 24.3 Å². The Balaban J connectivity index is 1.47. The molecule has 1 aromatic heterocycles. The number of aromatic nitrogens is 3. The number of carbonyl (C=O) groups excluding carboxylic acids is 1. The van der Waals surface area contributed by atoms with E-state index in [4.69, 9.17) is 0 Å². The summed E-state index contributed by atoms with van der Waals surface area (Å²) in [5.74, 6) is 0. The first kappa shape index (κ1) is 17.4. The molecule has 1 saturated heterocycles. The highest BCUT2D eigenvalue weighted by Gasteiger charge is 2.18. The highest BCUT2D eigenvalue weighted by Crippen LogP contribution is 2.11. The van der Waals surface area contributed by atoms with Crippen LogP contribution in [0, 0.1) is 0 Å². The van der Waals surface area contributed by atoms with Gasteiger partial charge in [-0.2, -0.15) is 5.10 Å². The predicted octanol–water partition coefficient (Wildman–Crippen LogP) is 1.61. The van der Waals surface area contributed by atoms with E-state index in [1.54, 1.807) is 11.0 Å². The molecule has 25 heavy (non-hydrogen) atoms. The zero-order valence-corrected chi connectivity index (χ0v) is 14.7. The first-order valence-electron chi connectivity index (χ1n) is 8.87. The van der Waals surface area contributed by atoms with E-state index in [2.05, 4.69) is 32.5 Å². The topological polar surface area (TPSA) is 75.1 Å². The van der Waals surface area contributed by atoms with E-state index < -0.39 is 0 Å². The van der Waals surface area contributed by atoms with Crippen LogP contribution >= 0.6 is 0 Å². The van der Waals surface area contributed by atoms with Crippen LogP contribution in [0.15, 0.2) is 36.9 Å². The number of rotatable bonds is 7. The highest BCUT2D eigenvalue weighted by molar-refractivity contribution is 5.73. The molecular formula is C18H26N6O. The van der Waals surface area contributed by atoms with E-state index in [9.17, 15) is 4.79 Å². The Labute approximate surface area is 148 Å². The summed E-state index contributed by atoms with van der Waals surface area (Å²) in [6.07, 6.45) is 5.74. The van der Waals surface area contributed by atoms with Gasteiger partial charge in [0.05, 0.1) is 6.54 Å². The maximum Gasteiger partial charge on any atom is 0.315 e. The van der Waals surface area contributed by atoms with Gasteiger partial charge in [0.2, 0.25) is 0 Å². The Morgan fingerprint density at radius 2 is 1.96 bits per heavy atom. The second-order valence-corrected chi connectivity index (χ2v) is 6.52. The number of hydrogen-bond donors (Lipinski definition) is 2. The van der Waals surface area contributed by atoms with Gasteiger partial charge in [0.15, 0.2) is 0 Å². The molecule has 1 aliphatic heterocycles. The molecule has 7 nitrogen and oxygen atoms in total. The molecule has 0 saturated carbocycles. The smallest absolute Gasteiger partial charge is 0.315 e. The fourth-order valence-corrected chi connectivity index (χ4v) is 3.16. The van der Waals surface area contributed by atoms with Crippen molar-refractivity contribution < 1.29 is 4.79 Å². The molecule has 0 aliphatic carbocycles. The molecule has 2 amide bonds. The summed E-state index contributed by atoms with van der Waals surface area (Å²) < 4.78 is 1.77. The van der Waals surface area contributed by atoms with Crippen molar-refractivity contribution in [2.24, 2.45) is 0 Å². The minimum absolute atomic E-state index is 0.124. The number of benzene rings is 1. The molecule has 1 aliphatic rings. The summed E-state index contributed by atoms with van der Waals surface area (Å²) in [5.41, 5.74) is 2.21. The fourth-order valence-electron chi connectivity index (χ4n) is 3.16. The highest BCUT2D eigenvalue weighted by atomic mass is 16.2. The minimum Gasteiger partial charge on any atom is -0.337 e. The van der Waals surface area contributed by atoms with Crippen molar-refractivity contribution in [3.8, 4) is 0 Å². The number of carbonyl (C=O) groups is 1. The molecule has 2 N–H and O–H groups in total. The quantitative estimate of drug-likeness (QED) is 0.802. The van der Waals surface area contributed by atoms with E-state index >= 15 is 0 Å². The monoisotopic (exact) mass is 342 g/mol. The van der Waals surface area contributed by atoms with Crippen molar-refractivity contribution in [2.45, 2.75) is 38.9 Å². The van der Waals surface area contributed by atoms with Crippen LogP contribution in [0.4, 0.5) is 4.79 Å². The number of nitrogens with zero attached hydrogens (tertiary/aromatic N) is 4. The average molecular weight is 342 g/mol. The molecule has 0 unspecified atom stereocenters. The van der Waals surface area contributed by atoms with Gasteiger partial charge in [-0.25, -0.2) is 14.5 Å². The summed E-state index contributed by atoms with van der Waals surface area (Å²) >= 11 is 0. The van der Waals surface area contributed by atoms with Crippen molar-refractivity contribution in [3.05, 3.63) is 48.0 Å². The largest absolute Gasteiger partial charge is 0.337 e. The third-order valence-electron chi connectivity index (χ3n) is 4.68. The molecule has 3 rings (SSSR count). The lowest BCUT2D eigenvalue weighted by molar-refractivity contribution is 0.226. The van der Waals surface area contributed by atoms with Gasteiger partial charge in [-0.3, -0.25) is 4.90 Å². The summed E-state index contributed by atoms with van der Waals surface area (Å²) in [4.78, 5) is 18.5. The zero-order chi connectivity index (χ0) is 17.5. The SMILES string of the molecule is C[C@H](CNC(=O)NCc1ccccc1Cn1cncn1)N1CCCC1. The standard InChI is InChI=1S/C18H26N6O/c1-15(23-8-4-5-9-23)10-20-18(25)21-11-16-6-2-3-7-17(16)12-24-14-19-13-22-24/h2-3,6-7,13-15H,4-5,8-12H2,1H3,(H2,20,21,25)/t15-/m1/s1. The van der Waals surface area contributed by atoms with Crippen LogP contribution in [0.25, 0.3) is 0 Å². The van der Waals surface area contributed by atoms with Gasteiger partial charge in [-0.05, 0) is 44.0 Å². The van der Waals surface area contributed by atoms with Gasteiger partial charge in [-0.15, -0.1) is 0 Å². The van der Waals surface area contributed by atoms with Crippen LogP contribution in [-0.2, 0) is 13.1 Å². The maximum absolute atomic E-state index is 12.1. The van der Waals surface area contributed by atoms with E-state index in [1.165, 1.54) is 19.2 Å². The third kappa shape index (κ3) is 5.03. The van der Waals surface area contributed by atoms with Crippen LogP contribution in [0.3, 0.4) is 0 Å². The molecule has 0 spiro atoms. The van der Waals surface area contributed by atoms with Crippen molar-refractivity contribution >= 4 is 6.03 Å². The fraction of sp³-hybridized carbons (Fsp3) is 0.500. The first-order valence-corrected chi connectivity index (χ1v) is 8.87. The van der Waals surface area contributed by atoms with Gasteiger partial charge >= 0.3 is 6.03 Å². The molecule has 1 atom stereocenters. The Hall–Kier alpha value is -2.41. The van der Waals surface area contributed by atoms with Crippen molar-refractivity contribution in [3.63, 3.8) is 0 Å². The van der Waals surface area contributed by atoms with Gasteiger partial charge < -0.3 is 10.6 Å². The number of urea groups is 1. The van der Waals surface area contributed by atoms with E-state index in [0.717, 1.165) is 24.2 Å². The first-order chi connectivity index (χ1) is 12.2. The minimum atomic E-state index is -0.124. The molecule has 1 aromatic carbocycles. The van der Waals surface area contributed by atoms with Gasteiger partial charge in [0.1, 0.15) is 12.7 Å². The predicted molar refractivity (Wildman–Crippen MR) is 96.1 cm³/mol. The summed E-state index contributed by atoms with van der Waals surface area (Å²) in [6.45, 7) is 6.26. The molecule has 2 heterocycles. The number of amides is 2. The normalized spacial score (nSPS) is 15.9. The van der Waals surface area contributed by atoms with E-state index in [-0.39, 0.29) is 6.03 Å². The molecule has 0 bridgehead atoms. The van der Waals surface area contributed by atoms with Crippen molar-refractivity contribution in [1.29, 1.82) is 0 Å². The molecule has 2 aromatic rings. The van der Waals surface area contributed by atoms with Crippen LogP contribution in [-0.4, -0.2) is 51.4 Å². The van der Waals surface area contributed by atoms with Gasteiger partial charge in [0.25, 0.3) is 0 Å². The second kappa shape index (κ2) is 8.62. The summed E-state index contributed by atoms with van der Waals surface area (Å²) in [6, 6.07) is 8.31. The molecular weight excluding hydrogens is 316 g/mol. The zero-order valence-electron chi connectivity index (χ0n) is 14.7. The number of hydrogen-bond acceptors (Lipinski definition) is 4. The molecule has 134 valence electrons. The Kier molecular flexibility index (Phi) is 6.00. The lowest BCUT2D eigenvalue weighted by Gasteiger charge is -2.23. The Morgan fingerprint density at radius 3 is 2.68 bits per heavy atom. The molecule has 1 fully saturated rings. The summed E-state index contributed by atoms with van der Waals surface area (Å²) in [5, 5.41) is 10.1. The van der Waals surface area contributed by atoms with Gasteiger partial charge in [0, 0.05) is 19.1 Å². The molecule has 0 radical (unpaired) electrons.